The van der Waals surface area contributed by atoms with E-state index in [1.807, 2.05) is 6.92 Å². The number of aryl methyl sites for hydroxylation is 1. The number of fused-ring (bicyclic) bond motifs is 1. The third kappa shape index (κ3) is 4.51. The Morgan fingerprint density at radius 1 is 1.26 bits per heavy atom. The van der Waals surface area contributed by atoms with Crippen LogP contribution in [-0.4, -0.2) is 71.2 Å². The zero-order valence-corrected chi connectivity index (χ0v) is 20.1. The Morgan fingerprint density at radius 2 is 2.00 bits per heavy atom. The van der Waals surface area contributed by atoms with Crippen LogP contribution in [0.3, 0.4) is 0 Å². The van der Waals surface area contributed by atoms with E-state index in [9.17, 15) is 18.0 Å². The summed E-state index contributed by atoms with van der Waals surface area (Å²) in [4.78, 5) is 28.0. The molecule has 0 spiro atoms. The molecule has 3 amide bonds. The first-order chi connectivity index (χ1) is 16.2. The number of nitrogens with one attached hydrogen (secondary N) is 1. The van der Waals surface area contributed by atoms with Gasteiger partial charge in [0, 0.05) is 30.7 Å². The largest absolute Gasteiger partial charge is 0.501 e. The summed E-state index contributed by atoms with van der Waals surface area (Å²) in [5.74, 6) is 0.0629. The molecule has 1 unspecified atom stereocenters. The minimum absolute atomic E-state index is 0.0785. The van der Waals surface area contributed by atoms with Crippen molar-refractivity contribution >= 4 is 27.7 Å². The zero-order chi connectivity index (χ0) is 24.1. The van der Waals surface area contributed by atoms with E-state index in [0.29, 0.717) is 36.9 Å². The molecule has 4 aliphatic rings. The number of amides is 3. The van der Waals surface area contributed by atoms with Gasteiger partial charge in [-0.3, -0.25) is 0 Å². The van der Waals surface area contributed by atoms with E-state index in [4.69, 9.17) is 9.26 Å². The smallest absolute Gasteiger partial charge is 0.381 e. The van der Waals surface area contributed by atoms with Gasteiger partial charge in [0.05, 0.1) is 12.2 Å². The lowest BCUT2D eigenvalue weighted by molar-refractivity contribution is -0.447. The van der Waals surface area contributed by atoms with E-state index in [1.54, 1.807) is 29.7 Å². The van der Waals surface area contributed by atoms with Crippen LogP contribution in [0.15, 0.2) is 34.4 Å². The van der Waals surface area contributed by atoms with Gasteiger partial charge in [-0.1, -0.05) is 11.2 Å². The second-order valence-electron chi connectivity index (χ2n) is 9.77. The molecule has 3 heterocycles. The SMILES string of the molecule is Cc1cc(CN2C(=O)C3=CC(S(=O)(=O)NC4(C)CC4)C=CC3=[N+](CC3CCOCC3)C2=O)on1. The quantitative estimate of drug-likeness (QED) is 0.578. The zero-order valence-electron chi connectivity index (χ0n) is 19.3. The molecule has 1 saturated heterocycles. The first kappa shape index (κ1) is 23.1. The van der Waals surface area contributed by atoms with Crippen LogP contribution < -0.4 is 4.72 Å². The van der Waals surface area contributed by atoms with Crippen LogP contribution in [0.4, 0.5) is 4.79 Å². The topological polar surface area (TPSA) is 122 Å². The number of nitrogens with zero attached hydrogens (tertiary/aromatic N) is 3. The number of aromatic nitrogens is 1. The summed E-state index contributed by atoms with van der Waals surface area (Å²) in [7, 11) is -3.73. The molecule has 34 heavy (non-hydrogen) atoms. The van der Waals surface area contributed by atoms with E-state index in [-0.39, 0.29) is 18.0 Å². The fraction of sp³-hybridized carbons (Fsp3) is 0.565. The Balaban J connectivity index is 1.50. The highest BCUT2D eigenvalue weighted by Gasteiger charge is 2.48. The highest BCUT2D eigenvalue weighted by Crippen LogP contribution is 2.36. The van der Waals surface area contributed by atoms with Crippen molar-refractivity contribution in [2.75, 3.05) is 19.8 Å². The van der Waals surface area contributed by atoms with Gasteiger partial charge < -0.3 is 9.26 Å². The molecule has 1 atom stereocenters. The molecule has 0 bridgehead atoms. The maximum absolute atomic E-state index is 13.5. The number of allylic oxidation sites excluding steroid dienone is 1. The number of urea groups is 1. The molecular weight excluding hydrogens is 460 g/mol. The van der Waals surface area contributed by atoms with Gasteiger partial charge >= 0.3 is 11.9 Å². The summed E-state index contributed by atoms with van der Waals surface area (Å²) in [5.41, 5.74) is 0.869. The first-order valence-electron chi connectivity index (χ1n) is 11.6. The molecule has 2 aliphatic carbocycles. The van der Waals surface area contributed by atoms with Crippen molar-refractivity contribution in [1.29, 1.82) is 0 Å². The summed E-state index contributed by atoms with van der Waals surface area (Å²) in [6.07, 6.45) is 7.79. The fourth-order valence-electron chi connectivity index (χ4n) is 4.52. The number of hydrogen-bond donors (Lipinski definition) is 1. The standard InChI is InChI=1S/C23H29N4O6S/c1-15-11-17(33-24-15)14-27-21(28)19-12-18(34(30,31)25-23(2)7-8-23)3-4-20(19)26(22(27)29)13-16-5-9-32-10-6-16/h3-4,11-12,16,18,25H,5-10,13-14H2,1-2H3/q+1. The molecule has 5 rings (SSSR count). The van der Waals surface area contributed by atoms with Gasteiger partial charge in [0.15, 0.2) is 12.3 Å². The van der Waals surface area contributed by atoms with Gasteiger partial charge in [-0.05, 0) is 51.7 Å². The Bertz CT molecular complexity index is 1220. The lowest BCUT2D eigenvalue weighted by atomic mass is 9.96. The Labute approximate surface area is 198 Å². The van der Waals surface area contributed by atoms with Crippen LogP contribution >= 0.6 is 0 Å². The summed E-state index contributed by atoms with van der Waals surface area (Å²) in [6, 6.07) is 1.22. The van der Waals surface area contributed by atoms with Crippen LogP contribution in [0, 0.1) is 12.8 Å². The van der Waals surface area contributed by atoms with Crippen molar-refractivity contribution in [2.45, 2.75) is 56.9 Å². The van der Waals surface area contributed by atoms with E-state index < -0.39 is 32.8 Å². The van der Waals surface area contributed by atoms with Crippen LogP contribution in [0.5, 0.6) is 0 Å². The second-order valence-corrected chi connectivity index (χ2v) is 11.6. The van der Waals surface area contributed by atoms with Gasteiger partial charge in [0.1, 0.15) is 16.5 Å². The van der Waals surface area contributed by atoms with E-state index in [2.05, 4.69) is 9.88 Å². The van der Waals surface area contributed by atoms with E-state index in [1.165, 1.54) is 6.08 Å². The monoisotopic (exact) mass is 489 g/mol. The molecule has 0 aromatic carbocycles. The number of rotatable bonds is 7. The number of ether oxygens (including phenoxy) is 1. The summed E-state index contributed by atoms with van der Waals surface area (Å²) < 4.78 is 41.0. The van der Waals surface area contributed by atoms with Crippen LogP contribution in [0.25, 0.3) is 0 Å². The third-order valence-electron chi connectivity index (χ3n) is 6.80. The van der Waals surface area contributed by atoms with Gasteiger partial charge in [-0.25, -0.2) is 17.9 Å². The van der Waals surface area contributed by atoms with Crippen molar-refractivity contribution in [3.63, 3.8) is 0 Å². The first-order valence-corrected chi connectivity index (χ1v) is 13.1. The molecule has 0 radical (unpaired) electrons. The molecular formula is C23H29N4O6S+. The summed E-state index contributed by atoms with van der Waals surface area (Å²) in [6.45, 7) is 5.23. The lowest BCUT2D eigenvalue weighted by Crippen LogP contribution is -2.53. The predicted molar refractivity (Wildman–Crippen MR) is 122 cm³/mol. The minimum Gasteiger partial charge on any atom is -0.381 e. The highest BCUT2D eigenvalue weighted by atomic mass is 32.2. The Kier molecular flexibility index (Phi) is 5.81. The number of imide groups is 1. The van der Waals surface area contributed by atoms with Crippen molar-refractivity contribution in [1.82, 2.24) is 14.8 Å². The molecule has 182 valence electrons. The number of carbonyl (C=O) groups excluding carboxylic acids is 2. The van der Waals surface area contributed by atoms with Gasteiger partial charge in [-0.15, -0.1) is 4.90 Å². The molecule has 1 saturated carbocycles. The normalized spacial score (nSPS) is 24.9. The summed E-state index contributed by atoms with van der Waals surface area (Å²) >= 11 is 0. The molecule has 2 fully saturated rings. The molecule has 1 aromatic rings. The van der Waals surface area contributed by atoms with Crippen LogP contribution in [-0.2, 0) is 26.1 Å². The van der Waals surface area contributed by atoms with Crippen molar-refractivity contribution in [3.8, 4) is 0 Å². The average molecular weight is 490 g/mol. The maximum Gasteiger partial charge on any atom is 0.501 e. The molecule has 1 aromatic heterocycles. The molecule has 1 N–H and O–H groups in total. The molecule has 10 nitrogen and oxygen atoms in total. The van der Waals surface area contributed by atoms with Gasteiger partial charge in [-0.2, -0.15) is 9.37 Å². The van der Waals surface area contributed by atoms with E-state index in [0.717, 1.165) is 30.6 Å². The van der Waals surface area contributed by atoms with E-state index >= 15 is 0 Å². The number of hydrogen-bond acceptors (Lipinski definition) is 7. The van der Waals surface area contributed by atoms with Gasteiger partial charge in [0.2, 0.25) is 10.0 Å². The Morgan fingerprint density at radius 3 is 2.65 bits per heavy atom. The third-order valence-corrected chi connectivity index (χ3v) is 8.59. The molecule has 2 aliphatic heterocycles. The molecule has 11 heteroatoms. The van der Waals surface area contributed by atoms with Crippen molar-refractivity contribution in [2.24, 2.45) is 5.92 Å². The van der Waals surface area contributed by atoms with Gasteiger partial charge in [0.25, 0.3) is 0 Å². The predicted octanol–water partition coefficient (Wildman–Crippen LogP) is 1.66. The average Bonchev–Trinajstić information content (AvgIpc) is 3.37. The second kappa shape index (κ2) is 8.54. The van der Waals surface area contributed by atoms with Crippen molar-refractivity contribution < 1.29 is 31.8 Å². The number of sulfonamides is 1. The highest BCUT2D eigenvalue weighted by molar-refractivity contribution is 7.90. The van der Waals surface area contributed by atoms with Crippen LogP contribution in [0.2, 0.25) is 0 Å². The maximum atomic E-state index is 13.5. The summed E-state index contributed by atoms with van der Waals surface area (Å²) in [5, 5.41) is 2.84. The minimum atomic E-state index is -3.73. The number of carbonyl (C=O) groups is 2. The van der Waals surface area contributed by atoms with Crippen molar-refractivity contribution in [3.05, 3.63) is 41.3 Å². The fourth-order valence-corrected chi connectivity index (χ4v) is 6.15. The van der Waals surface area contributed by atoms with Crippen LogP contribution in [0.1, 0.15) is 44.1 Å². The Hall–Kier alpha value is -2.63. The lowest BCUT2D eigenvalue weighted by Gasteiger charge is -2.28.